The molecule has 1 aliphatic heterocycles. The molecule has 3 heterocycles. The maximum absolute atomic E-state index is 12.8. The van der Waals surface area contributed by atoms with Crippen molar-refractivity contribution in [1.82, 2.24) is 19.9 Å². The van der Waals surface area contributed by atoms with Gasteiger partial charge in [0.25, 0.3) is 5.91 Å². The maximum atomic E-state index is 12.8. The highest BCUT2D eigenvalue weighted by atomic mass is 19.4. The van der Waals surface area contributed by atoms with E-state index >= 15 is 0 Å². The number of carbonyl (C=O) groups excluding carboxylic acids is 1. The van der Waals surface area contributed by atoms with Crippen molar-refractivity contribution >= 4 is 5.91 Å². The van der Waals surface area contributed by atoms with Gasteiger partial charge in [0.15, 0.2) is 0 Å². The molecule has 0 radical (unpaired) electrons. The van der Waals surface area contributed by atoms with Crippen LogP contribution < -0.4 is 0 Å². The summed E-state index contributed by atoms with van der Waals surface area (Å²) in [5, 5.41) is 0. The lowest BCUT2D eigenvalue weighted by molar-refractivity contribution is -0.137. The number of hydrogen-bond donors (Lipinski definition) is 0. The first kappa shape index (κ1) is 21.9. The Hall–Kier alpha value is -3.29. The van der Waals surface area contributed by atoms with Crippen molar-refractivity contribution in [3.8, 4) is 0 Å². The van der Waals surface area contributed by atoms with Crippen molar-refractivity contribution in [3.63, 3.8) is 0 Å². The van der Waals surface area contributed by atoms with Crippen LogP contribution in [0, 0.1) is 13.8 Å². The van der Waals surface area contributed by atoms with E-state index in [9.17, 15) is 18.0 Å². The van der Waals surface area contributed by atoms with Gasteiger partial charge >= 0.3 is 6.18 Å². The SMILES string of the molecule is Cc1cnc(C(=O)N2CCC(c3cc(Cc4ccc(C(F)(F)F)cc4)cc(C)n3)C2)cn1. The van der Waals surface area contributed by atoms with Crippen molar-refractivity contribution in [2.24, 2.45) is 0 Å². The molecular formula is C24H23F3N4O. The van der Waals surface area contributed by atoms with Crippen LogP contribution in [-0.2, 0) is 12.6 Å². The van der Waals surface area contributed by atoms with Gasteiger partial charge in [-0.1, -0.05) is 12.1 Å². The van der Waals surface area contributed by atoms with Crippen LogP contribution in [0.15, 0.2) is 48.8 Å². The molecule has 166 valence electrons. The highest BCUT2D eigenvalue weighted by molar-refractivity contribution is 5.92. The van der Waals surface area contributed by atoms with Crippen LogP contribution >= 0.6 is 0 Å². The Labute approximate surface area is 184 Å². The second-order valence-electron chi connectivity index (χ2n) is 8.19. The summed E-state index contributed by atoms with van der Waals surface area (Å²) in [7, 11) is 0. The number of aryl methyl sites for hydroxylation is 2. The van der Waals surface area contributed by atoms with Gasteiger partial charge in [0, 0.05) is 36.6 Å². The minimum atomic E-state index is -4.34. The molecule has 1 aromatic carbocycles. The predicted octanol–water partition coefficient (Wildman–Crippen LogP) is 4.73. The van der Waals surface area contributed by atoms with E-state index in [0.29, 0.717) is 25.2 Å². The number of benzene rings is 1. The van der Waals surface area contributed by atoms with Gasteiger partial charge in [0.05, 0.1) is 17.5 Å². The number of halogens is 3. The first-order valence-corrected chi connectivity index (χ1v) is 10.4. The Morgan fingerprint density at radius 3 is 2.44 bits per heavy atom. The zero-order valence-corrected chi connectivity index (χ0v) is 17.9. The van der Waals surface area contributed by atoms with E-state index in [1.165, 1.54) is 18.3 Å². The van der Waals surface area contributed by atoms with Gasteiger partial charge in [0.1, 0.15) is 5.69 Å². The highest BCUT2D eigenvalue weighted by Crippen LogP contribution is 2.30. The van der Waals surface area contributed by atoms with Gasteiger partial charge in [-0.25, -0.2) is 4.98 Å². The number of hydrogen-bond acceptors (Lipinski definition) is 4. The fourth-order valence-electron chi connectivity index (χ4n) is 3.98. The summed E-state index contributed by atoms with van der Waals surface area (Å²) in [6.45, 7) is 4.88. The third-order valence-electron chi connectivity index (χ3n) is 5.62. The summed E-state index contributed by atoms with van der Waals surface area (Å²) in [6.07, 6.45) is 0.0490. The topological polar surface area (TPSA) is 59.0 Å². The van der Waals surface area contributed by atoms with Gasteiger partial charge in [-0.15, -0.1) is 0 Å². The fraction of sp³-hybridized carbons (Fsp3) is 0.333. The van der Waals surface area contributed by atoms with Crippen molar-refractivity contribution in [3.05, 3.63) is 88.3 Å². The molecular weight excluding hydrogens is 417 g/mol. The normalized spacial score (nSPS) is 16.4. The zero-order chi connectivity index (χ0) is 22.9. The molecule has 0 saturated carbocycles. The van der Waals surface area contributed by atoms with E-state index < -0.39 is 11.7 Å². The number of carbonyl (C=O) groups is 1. The Bertz CT molecular complexity index is 1110. The Morgan fingerprint density at radius 1 is 1.03 bits per heavy atom. The second kappa shape index (κ2) is 8.68. The lowest BCUT2D eigenvalue weighted by Gasteiger charge is -2.16. The lowest BCUT2D eigenvalue weighted by atomic mass is 9.98. The van der Waals surface area contributed by atoms with Gasteiger partial charge in [-0.3, -0.25) is 14.8 Å². The number of pyridine rings is 1. The molecule has 0 bridgehead atoms. The molecule has 1 aliphatic rings. The van der Waals surface area contributed by atoms with Crippen molar-refractivity contribution < 1.29 is 18.0 Å². The van der Waals surface area contributed by atoms with E-state index in [2.05, 4.69) is 15.0 Å². The maximum Gasteiger partial charge on any atom is 0.416 e. The van der Waals surface area contributed by atoms with Gasteiger partial charge in [-0.05, 0) is 62.1 Å². The van der Waals surface area contributed by atoms with Crippen LogP contribution in [0.5, 0.6) is 0 Å². The third-order valence-corrected chi connectivity index (χ3v) is 5.62. The molecule has 0 N–H and O–H groups in total. The number of amides is 1. The van der Waals surface area contributed by atoms with Crippen LogP contribution in [0.1, 0.15) is 56.6 Å². The molecule has 4 rings (SSSR count). The summed E-state index contributed by atoms with van der Waals surface area (Å²) >= 11 is 0. The van der Waals surface area contributed by atoms with E-state index in [4.69, 9.17) is 0 Å². The quantitative estimate of drug-likeness (QED) is 0.589. The number of nitrogens with zero attached hydrogens (tertiary/aromatic N) is 4. The molecule has 5 nitrogen and oxygen atoms in total. The first-order valence-electron chi connectivity index (χ1n) is 10.4. The molecule has 1 atom stereocenters. The van der Waals surface area contributed by atoms with E-state index in [-0.39, 0.29) is 11.8 Å². The van der Waals surface area contributed by atoms with Gasteiger partial charge in [0.2, 0.25) is 0 Å². The molecule has 1 saturated heterocycles. The number of alkyl halides is 3. The van der Waals surface area contributed by atoms with Crippen molar-refractivity contribution in [1.29, 1.82) is 0 Å². The molecule has 1 unspecified atom stereocenters. The summed E-state index contributed by atoms with van der Waals surface area (Å²) in [6, 6.07) is 9.18. The Kier molecular flexibility index (Phi) is 5.95. The summed E-state index contributed by atoms with van der Waals surface area (Å²) in [5.74, 6) is -0.0405. The van der Waals surface area contributed by atoms with Crippen LogP contribution in [0.2, 0.25) is 0 Å². The van der Waals surface area contributed by atoms with E-state index in [0.717, 1.165) is 46.8 Å². The minimum Gasteiger partial charge on any atom is -0.337 e. The largest absolute Gasteiger partial charge is 0.416 e. The monoisotopic (exact) mass is 440 g/mol. The Morgan fingerprint density at radius 2 is 1.78 bits per heavy atom. The second-order valence-corrected chi connectivity index (χ2v) is 8.19. The Balaban J connectivity index is 1.47. The molecule has 3 aromatic rings. The van der Waals surface area contributed by atoms with Gasteiger partial charge < -0.3 is 4.90 Å². The molecule has 0 aliphatic carbocycles. The van der Waals surface area contributed by atoms with Crippen LogP contribution in [0.25, 0.3) is 0 Å². The molecule has 8 heteroatoms. The minimum absolute atomic E-state index is 0.101. The number of rotatable bonds is 4. The van der Waals surface area contributed by atoms with Crippen LogP contribution in [-0.4, -0.2) is 38.8 Å². The lowest BCUT2D eigenvalue weighted by Crippen LogP contribution is -2.29. The van der Waals surface area contributed by atoms with Crippen LogP contribution in [0.3, 0.4) is 0 Å². The average molecular weight is 440 g/mol. The summed E-state index contributed by atoms with van der Waals surface area (Å²) in [4.78, 5) is 27.5. The molecule has 0 spiro atoms. The summed E-state index contributed by atoms with van der Waals surface area (Å²) in [5.41, 5.74) is 3.97. The standard InChI is InChI=1S/C24H23F3N4O/c1-15-9-18(10-17-3-5-20(6-4-17)24(25,26)27)11-21(30-15)19-7-8-31(14-19)23(32)22-13-28-16(2)12-29-22/h3-6,9,11-13,19H,7-8,10,14H2,1-2H3. The smallest absolute Gasteiger partial charge is 0.337 e. The number of likely N-dealkylation sites (tertiary alicyclic amines) is 1. The third kappa shape index (κ3) is 4.95. The van der Waals surface area contributed by atoms with Crippen molar-refractivity contribution in [2.75, 3.05) is 13.1 Å². The number of aromatic nitrogens is 3. The average Bonchev–Trinajstić information content (AvgIpc) is 3.23. The van der Waals surface area contributed by atoms with Crippen molar-refractivity contribution in [2.45, 2.75) is 38.8 Å². The van der Waals surface area contributed by atoms with Gasteiger partial charge in [-0.2, -0.15) is 13.2 Å². The zero-order valence-electron chi connectivity index (χ0n) is 17.9. The van der Waals surface area contributed by atoms with E-state index in [1.807, 2.05) is 26.0 Å². The molecule has 32 heavy (non-hydrogen) atoms. The van der Waals surface area contributed by atoms with E-state index in [1.54, 1.807) is 11.1 Å². The predicted molar refractivity (Wildman–Crippen MR) is 113 cm³/mol. The highest BCUT2D eigenvalue weighted by Gasteiger charge is 2.31. The molecule has 1 fully saturated rings. The first-order chi connectivity index (χ1) is 15.2. The molecule has 2 aromatic heterocycles. The molecule has 1 amide bonds. The fourth-order valence-corrected chi connectivity index (χ4v) is 3.98. The van der Waals surface area contributed by atoms with Crippen LogP contribution in [0.4, 0.5) is 13.2 Å². The summed E-state index contributed by atoms with van der Waals surface area (Å²) < 4.78 is 38.4.